The summed E-state index contributed by atoms with van der Waals surface area (Å²) in [5.74, 6) is 0.995. The monoisotopic (exact) mass is 320 g/mol. The number of methoxy groups -OCH3 is 3. The smallest absolute Gasteiger partial charge is 0.428 e. The second kappa shape index (κ2) is 7.53. The number of benzene rings is 1. The number of amides is 2. The maximum absolute atomic E-state index is 12.3. The summed E-state index contributed by atoms with van der Waals surface area (Å²) in [6, 6.07) is 5.31. The number of ether oxygens (including phenoxy) is 3. The third-order valence-electron chi connectivity index (χ3n) is 3.51. The molecule has 1 aliphatic heterocycles. The Kier molecular flexibility index (Phi) is 5.46. The second-order valence-corrected chi connectivity index (χ2v) is 4.85. The predicted octanol–water partition coefficient (Wildman–Crippen LogP) is 1.93. The van der Waals surface area contributed by atoms with E-state index in [1.165, 1.54) is 23.2 Å². The first kappa shape index (κ1) is 16.7. The molecule has 0 radical (unpaired) electrons. The molecular weight excluding hydrogens is 300 g/mol. The van der Waals surface area contributed by atoms with E-state index in [1.54, 1.807) is 38.5 Å². The fourth-order valence-corrected chi connectivity index (χ4v) is 2.35. The molecule has 124 valence electrons. The van der Waals surface area contributed by atoms with Gasteiger partial charge in [-0.15, -0.1) is 0 Å². The summed E-state index contributed by atoms with van der Waals surface area (Å²) in [4.78, 5) is 24.0. The van der Waals surface area contributed by atoms with Gasteiger partial charge in [0, 0.05) is 24.7 Å². The van der Waals surface area contributed by atoms with Crippen LogP contribution in [0.2, 0.25) is 0 Å². The zero-order valence-corrected chi connectivity index (χ0v) is 13.4. The SMILES string of the molecule is COC(=O)N1CCCN1C(=O)C=Cc1cc(OC)ccc1OC. The number of nitrogens with zero attached hydrogens (tertiary/aromatic N) is 2. The van der Waals surface area contributed by atoms with Crippen LogP contribution in [0, 0.1) is 0 Å². The minimum absolute atomic E-state index is 0.294. The molecule has 1 aromatic rings. The van der Waals surface area contributed by atoms with E-state index in [0.29, 0.717) is 30.2 Å². The first-order chi connectivity index (χ1) is 11.1. The third kappa shape index (κ3) is 3.74. The summed E-state index contributed by atoms with van der Waals surface area (Å²) in [5.41, 5.74) is 0.712. The Balaban J connectivity index is 2.16. The summed E-state index contributed by atoms with van der Waals surface area (Å²) < 4.78 is 15.1. The summed E-state index contributed by atoms with van der Waals surface area (Å²) in [6.07, 6.45) is 3.22. The molecule has 0 unspecified atom stereocenters. The lowest BCUT2D eigenvalue weighted by Crippen LogP contribution is -2.44. The van der Waals surface area contributed by atoms with Crippen molar-refractivity contribution in [2.45, 2.75) is 6.42 Å². The molecule has 0 spiro atoms. The summed E-state index contributed by atoms with van der Waals surface area (Å²) in [6.45, 7) is 0.947. The third-order valence-corrected chi connectivity index (χ3v) is 3.51. The largest absolute Gasteiger partial charge is 0.497 e. The van der Waals surface area contributed by atoms with Crippen molar-refractivity contribution in [2.75, 3.05) is 34.4 Å². The van der Waals surface area contributed by atoms with Crippen molar-refractivity contribution in [1.29, 1.82) is 0 Å². The normalized spacial score (nSPS) is 14.2. The van der Waals surface area contributed by atoms with Crippen molar-refractivity contribution in [3.8, 4) is 11.5 Å². The quantitative estimate of drug-likeness (QED) is 0.793. The van der Waals surface area contributed by atoms with Gasteiger partial charge in [0.25, 0.3) is 5.91 Å². The van der Waals surface area contributed by atoms with E-state index in [4.69, 9.17) is 9.47 Å². The van der Waals surface area contributed by atoms with Crippen molar-refractivity contribution in [1.82, 2.24) is 10.0 Å². The highest BCUT2D eigenvalue weighted by Gasteiger charge is 2.30. The summed E-state index contributed by atoms with van der Waals surface area (Å²) in [5, 5.41) is 2.67. The molecule has 0 aliphatic carbocycles. The zero-order valence-electron chi connectivity index (χ0n) is 13.4. The molecule has 2 amide bonds. The lowest BCUT2D eigenvalue weighted by atomic mass is 10.1. The Morgan fingerprint density at radius 3 is 2.48 bits per heavy atom. The van der Waals surface area contributed by atoms with Gasteiger partial charge in [-0.05, 0) is 30.7 Å². The fourth-order valence-electron chi connectivity index (χ4n) is 2.35. The Morgan fingerprint density at radius 1 is 1.09 bits per heavy atom. The number of carbonyl (C=O) groups excluding carboxylic acids is 2. The standard InChI is InChI=1S/C16H20N2O5/c1-21-13-6-7-14(22-2)12(11-13)5-8-15(19)17-9-4-10-18(17)16(20)23-3/h5-8,11H,4,9-10H2,1-3H3. The number of hydrogen-bond donors (Lipinski definition) is 0. The van der Waals surface area contributed by atoms with Gasteiger partial charge in [0.1, 0.15) is 11.5 Å². The molecule has 0 saturated carbocycles. The van der Waals surface area contributed by atoms with E-state index in [1.807, 2.05) is 0 Å². The van der Waals surface area contributed by atoms with Crippen LogP contribution in [0.4, 0.5) is 4.79 Å². The van der Waals surface area contributed by atoms with Gasteiger partial charge in [0.15, 0.2) is 0 Å². The van der Waals surface area contributed by atoms with E-state index >= 15 is 0 Å². The van der Waals surface area contributed by atoms with Gasteiger partial charge in [-0.1, -0.05) is 0 Å². The molecule has 0 N–H and O–H groups in total. The van der Waals surface area contributed by atoms with Crippen molar-refractivity contribution in [3.05, 3.63) is 29.8 Å². The van der Waals surface area contributed by atoms with E-state index in [0.717, 1.165) is 6.42 Å². The molecule has 1 aliphatic rings. The van der Waals surface area contributed by atoms with Gasteiger partial charge in [-0.3, -0.25) is 4.79 Å². The highest BCUT2D eigenvalue weighted by molar-refractivity contribution is 5.93. The van der Waals surface area contributed by atoms with E-state index in [2.05, 4.69) is 4.74 Å². The summed E-state index contributed by atoms with van der Waals surface area (Å²) in [7, 11) is 4.42. The average Bonchev–Trinajstić information content (AvgIpc) is 3.08. The Labute approximate surface area is 135 Å². The average molecular weight is 320 g/mol. The molecular formula is C16H20N2O5. The molecule has 1 fully saturated rings. The Morgan fingerprint density at radius 2 is 1.83 bits per heavy atom. The molecule has 1 aromatic carbocycles. The topological polar surface area (TPSA) is 68.3 Å². The molecule has 1 saturated heterocycles. The highest BCUT2D eigenvalue weighted by Crippen LogP contribution is 2.25. The van der Waals surface area contributed by atoms with Crippen molar-refractivity contribution >= 4 is 18.1 Å². The predicted molar refractivity (Wildman–Crippen MR) is 84.0 cm³/mol. The lowest BCUT2D eigenvalue weighted by Gasteiger charge is -2.25. The van der Waals surface area contributed by atoms with Crippen LogP contribution in [-0.4, -0.2) is 56.4 Å². The highest BCUT2D eigenvalue weighted by atomic mass is 16.5. The molecule has 7 heteroatoms. The van der Waals surface area contributed by atoms with Crippen LogP contribution in [-0.2, 0) is 9.53 Å². The van der Waals surface area contributed by atoms with Crippen LogP contribution in [0.25, 0.3) is 6.08 Å². The summed E-state index contributed by atoms with van der Waals surface area (Å²) >= 11 is 0. The Bertz CT molecular complexity index is 614. The first-order valence-corrected chi connectivity index (χ1v) is 7.17. The van der Waals surface area contributed by atoms with E-state index < -0.39 is 6.09 Å². The van der Waals surface area contributed by atoms with Gasteiger partial charge in [-0.2, -0.15) is 0 Å². The van der Waals surface area contributed by atoms with Gasteiger partial charge in [-0.25, -0.2) is 14.8 Å². The minimum Gasteiger partial charge on any atom is -0.497 e. The first-order valence-electron chi connectivity index (χ1n) is 7.17. The van der Waals surface area contributed by atoms with Crippen molar-refractivity contribution in [3.63, 3.8) is 0 Å². The second-order valence-electron chi connectivity index (χ2n) is 4.85. The number of hydrogen-bond acceptors (Lipinski definition) is 5. The molecule has 7 nitrogen and oxygen atoms in total. The van der Waals surface area contributed by atoms with Crippen LogP contribution < -0.4 is 9.47 Å². The molecule has 2 rings (SSSR count). The van der Waals surface area contributed by atoms with Crippen LogP contribution in [0.5, 0.6) is 11.5 Å². The van der Waals surface area contributed by atoms with Gasteiger partial charge in [0.05, 0.1) is 21.3 Å². The zero-order chi connectivity index (χ0) is 16.8. The number of rotatable bonds is 4. The number of carbonyl (C=O) groups is 2. The fraction of sp³-hybridized carbons (Fsp3) is 0.375. The van der Waals surface area contributed by atoms with Gasteiger partial charge in [0.2, 0.25) is 0 Å². The molecule has 0 bridgehead atoms. The maximum atomic E-state index is 12.3. The van der Waals surface area contributed by atoms with Crippen molar-refractivity contribution < 1.29 is 23.8 Å². The van der Waals surface area contributed by atoms with Gasteiger partial charge >= 0.3 is 6.09 Å². The van der Waals surface area contributed by atoms with E-state index in [-0.39, 0.29) is 5.91 Å². The maximum Gasteiger partial charge on any atom is 0.428 e. The van der Waals surface area contributed by atoms with Crippen LogP contribution in [0.15, 0.2) is 24.3 Å². The molecule has 0 aromatic heterocycles. The van der Waals surface area contributed by atoms with E-state index in [9.17, 15) is 9.59 Å². The van der Waals surface area contributed by atoms with Crippen LogP contribution >= 0.6 is 0 Å². The molecule has 23 heavy (non-hydrogen) atoms. The van der Waals surface area contributed by atoms with Gasteiger partial charge < -0.3 is 14.2 Å². The lowest BCUT2D eigenvalue weighted by molar-refractivity contribution is -0.135. The number of hydrazine groups is 1. The molecule has 1 heterocycles. The van der Waals surface area contributed by atoms with Crippen molar-refractivity contribution in [2.24, 2.45) is 0 Å². The minimum atomic E-state index is -0.539. The van der Waals surface area contributed by atoms with Crippen LogP contribution in [0.3, 0.4) is 0 Å². The molecule has 0 atom stereocenters. The Hall–Kier alpha value is -2.70. The van der Waals surface area contributed by atoms with Crippen LogP contribution in [0.1, 0.15) is 12.0 Å².